The molecule has 1 aromatic heterocycles. The number of halogens is 1. The predicted octanol–water partition coefficient (Wildman–Crippen LogP) is 2.66. The molecule has 6 heteroatoms. The Balaban J connectivity index is 2.07. The average molecular weight is 313 g/mol. The molecule has 1 atom stereocenters. The second kappa shape index (κ2) is 5.04. The zero-order chi connectivity index (χ0) is 14.3. The van der Waals surface area contributed by atoms with Crippen molar-refractivity contribution in [1.82, 2.24) is 9.55 Å². The van der Waals surface area contributed by atoms with E-state index in [1.165, 1.54) is 0 Å². The van der Waals surface area contributed by atoms with Crippen molar-refractivity contribution in [1.29, 1.82) is 0 Å². The van der Waals surface area contributed by atoms with Crippen molar-refractivity contribution in [2.75, 3.05) is 5.75 Å². The van der Waals surface area contributed by atoms with Crippen LogP contribution in [0.1, 0.15) is 24.2 Å². The molecule has 3 rings (SSSR count). The lowest BCUT2D eigenvalue weighted by Crippen LogP contribution is -2.23. The summed E-state index contributed by atoms with van der Waals surface area (Å²) in [5, 5.41) is -0.303. The van der Waals surface area contributed by atoms with Gasteiger partial charge in [-0.2, -0.15) is 0 Å². The van der Waals surface area contributed by atoms with Crippen LogP contribution in [0.25, 0.3) is 11.0 Å². The first-order chi connectivity index (χ1) is 9.51. The van der Waals surface area contributed by atoms with Crippen LogP contribution in [0.5, 0.6) is 0 Å². The van der Waals surface area contributed by atoms with Gasteiger partial charge in [0.05, 0.1) is 27.9 Å². The minimum absolute atomic E-state index is 0.292. The zero-order valence-corrected chi connectivity index (χ0v) is 12.9. The molecule has 0 saturated carbocycles. The van der Waals surface area contributed by atoms with E-state index in [1.54, 1.807) is 0 Å². The molecule has 0 N–H and O–H groups in total. The van der Waals surface area contributed by atoms with Gasteiger partial charge in [0.25, 0.3) is 0 Å². The lowest BCUT2D eigenvalue weighted by molar-refractivity contribution is 0.565. The first-order valence-corrected chi connectivity index (χ1v) is 8.99. The van der Waals surface area contributed by atoms with Crippen LogP contribution in [0.2, 0.25) is 0 Å². The molecule has 2 aromatic rings. The maximum atomic E-state index is 12.0. The Hall–Kier alpha value is -1.07. The fraction of sp³-hybridized carbons (Fsp3) is 0.500. The van der Waals surface area contributed by atoms with Crippen LogP contribution in [-0.4, -0.2) is 29.0 Å². The third kappa shape index (κ3) is 2.33. The van der Waals surface area contributed by atoms with Crippen molar-refractivity contribution in [2.24, 2.45) is 0 Å². The zero-order valence-electron chi connectivity index (χ0n) is 11.3. The summed E-state index contributed by atoms with van der Waals surface area (Å²) in [6.07, 6.45) is 1.49. The van der Waals surface area contributed by atoms with E-state index in [0.29, 0.717) is 18.2 Å². The quantitative estimate of drug-likeness (QED) is 0.819. The van der Waals surface area contributed by atoms with Gasteiger partial charge in [-0.05, 0) is 37.5 Å². The Bertz CT molecular complexity index is 752. The molecule has 20 heavy (non-hydrogen) atoms. The number of alkyl halides is 1. The van der Waals surface area contributed by atoms with E-state index < -0.39 is 9.84 Å². The van der Waals surface area contributed by atoms with Crippen molar-refractivity contribution in [3.05, 3.63) is 29.6 Å². The molecule has 1 saturated heterocycles. The van der Waals surface area contributed by atoms with Crippen LogP contribution in [0.15, 0.2) is 18.2 Å². The molecule has 4 nitrogen and oxygen atoms in total. The molecule has 0 amide bonds. The molecule has 1 aliphatic heterocycles. The molecule has 108 valence electrons. The van der Waals surface area contributed by atoms with Gasteiger partial charge in [-0.1, -0.05) is 6.07 Å². The molecule has 0 spiro atoms. The molecular weight excluding hydrogens is 296 g/mol. The topological polar surface area (TPSA) is 52.0 Å². The smallest absolute Gasteiger partial charge is 0.154 e. The number of aryl methyl sites for hydroxylation is 1. The van der Waals surface area contributed by atoms with Crippen LogP contribution in [-0.2, 0) is 22.3 Å². The number of benzene rings is 1. The summed E-state index contributed by atoms with van der Waals surface area (Å²) in [6.45, 7) is 2.48. The van der Waals surface area contributed by atoms with Gasteiger partial charge >= 0.3 is 0 Å². The van der Waals surface area contributed by atoms with Gasteiger partial charge in [-0.25, -0.2) is 13.4 Å². The van der Waals surface area contributed by atoms with Gasteiger partial charge in [0, 0.05) is 6.54 Å². The van der Waals surface area contributed by atoms with E-state index in [0.717, 1.165) is 35.3 Å². The average Bonchev–Trinajstić information content (AvgIpc) is 2.91. The van der Waals surface area contributed by atoms with Crippen molar-refractivity contribution in [3.63, 3.8) is 0 Å². The van der Waals surface area contributed by atoms with Gasteiger partial charge < -0.3 is 4.57 Å². The SMILES string of the molecule is Cc1ccc2nc(CCl)n(CC3CCCS3(=O)=O)c2c1. The third-order valence-electron chi connectivity index (χ3n) is 3.95. The molecule has 0 bridgehead atoms. The number of fused-ring (bicyclic) bond motifs is 1. The predicted molar refractivity (Wildman–Crippen MR) is 80.8 cm³/mol. The lowest BCUT2D eigenvalue weighted by atomic mass is 10.2. The van der Waals surface area contributed by atoms with Gasteiger partial charge in [-0.3, -0.25) is 0 Å². The van der Waals surface area contributed by atoms with Crippen LogP contribution in [0, 0.1) is 6.92 Å². The largest absolute Gasteiger partial charge is 0.326 e. The second-order valence-corrected chi connectivity index (χ2v) is 8.06. The van der Waals surface area contributed by atoms with E-state index in [2.05, 4.69) is 4.98 Å². The van der Waals surface area contributed by atoms with Gasteiger partial charge in [0.2, 0.25) is 0 Å². The summed E-state index contributed by atoms with van der Waals surface area (Å²) in [5.41, 5.74) is 2.98. The number of hydrogen-bond acceptors (Lipinski definition) is 3. The van der Waals surface area contributed by atoms with Gasteiger partial charge in [0.1, 0.15) is 5.82 Å². The molecule has 2 heterocycles. The highest BCUT2D eigenvalue weighted by Gasteiger charge is 2.32. The molecular formula is C14H17ClN2O2S. The first kappa shape index (κ1) is 13.9. The van der Waals surface area contributed by atoms with E-state index >= 15 is 0 Å². The fourth-order valence-corrected chi connectivity index (χ4v) is 4.86. The highest BCUT2D eigenvalue weighted by atomic mass is 35.5. The molecule has 0 aliphatic carbocycles. The minimum atomic E-state index is -2.96. The summed E-state index contributed by atoms with van der Waals surface area (Å²) < 4.78 is 26.0. The van der Waals surface area contributed by atoms with Crippen molar-refractivity contribution >= 4 is 32.5 Å². The van der Waals surface area contributed by atoms with Crippen molar-refractivity contribution in [2.45, 2.75) is 37.4 Å². The summed E-state index contributed by atoms with van der Waals surface area (Å²) in [5.74, 6) is 1.34. The first-order valence-electron chi connectivity index (χ1n) is 6.74. The molecule has 1 unspecified atom stereocenters. The van der Waals surface area contributed by atoms with E-state index in [1.807, 2.05) is 29.7 Å². The highest BCUT2D eigenvalue weighted by molar-refractivity contribution is 7.92. The molecule has 1 aromatic carbocycles. The van der Waals surface area contributed by atoms with Crippen LogP contribution in [0.3, 0.4) is 0 Å². The Kier molecular flexibility index (Phi) is 3.50. The Labute approximate surface area is 123 Å². The number of rotatable bonds is 3. The van der Waals surface area contributed by atoms with E-state index in [9.17, 15) is 8.42 Å². The molecule has 0 radical (unpaired) electrons. The summed E-state index contributed by atoms with van der Waals surface area (Å²) in [4.78, 5) is 4.50. The van der Waals surface area contributed by atoms with E-state index in [-0.39, 0.29) is 5.25 Å². The van der Waals surface area contributed by atoms with Crippen molar-refractivity contribution < 1.29 is 8.42 Å². The maximum Gasteiger partial charge on any atom is 0.154 e. The minimum Gasteiger partial charge on any atom is -0.326 e. The normalized spacial score (nSPS) is 21.6. The number of nitrogens with zero attached hydrogens (tertiary/aromatic N) is 2. The Morgan fingerprint density at radius 3 is 2.90 bits per heavy atom. The molecule has 1 fully saturated rings. The number of hydrogen-bond donors (Lipinski definition) is 0. The Morgan fingerprint density at radius 2 is 2.25 bits per heavy atom. The number of aromatic nitrogens is 2. The number of sulfone groups is 1. The monoisotopic (exact) mass is 312 g/mol. The summed E-state index contributed by atoms with van der Waals surface area (Å²) >= 11 is 5.97. The second-order valence-electron chi connectivity index (χ2n) is 5.40. The third-order valence-corrected chi connectivity index (χ3v) is 6.45. The van der Waals surface area contributed by atoms with Crippen molar-refractivity contribution in [3.8, 4) is 0 Å². The fourth-order valence-electron chi connectivity index (χ4n) is 2.86. The molecule has 1 aliphatic rings. The van der Waals surface area contributed by atoms with Gasteiger partial charge in [-0.15, -0.1) is 11.6 Å². The maximum absolute atomic E-state index is 12.0. The van der Waals surface area contributed by atoms with Crippen LogP contribution in [0.4, 0.5) is 0 Å². The van der Waals surface area contributed by atoms with Crippen LogP contribution >= 0.6 is 11.6 Å². The lowest BCUT2D eigenvalue weighted by Gasteiger charge is -2.13. The Morgan fingerprint density at radius 1 is 1.45 bits per heavy atom. The van der Waals surface area contributed by atoms with Gasteiger partial charge in [0.15, 0.2) is 9.84 Å². The summed E-state index contributed by atoms with van der Waals surface area (Å²) in [7, 11) is -2.96. The highest BCUT2D eigenvalue weighted by Crippen LogP contribution is 2.25. The van der Waals surface area contributed by atoms with E-state index in [4.69, 9.17) is 11.6 Å². The van der Waals surface area contributed by atoms with Crippen LogP contribution < -0.4 is 0 Å². The standard InChI is InChI=1S/C14H17ClN2O2S/c1-10-4-5-12-13(7-10)17(14(8-15)16-12)9-11-3-2-6-20(11,18)19/h4-5,7,11H,2-3,6,8-9H2,1H3. The summed E-state index contributed by atoms with van der Waals surface area (Å²) in [6, 6.07) is 6.00. The number of imidazole rings is 1.